The van der Waals surface area contributed by atoms with Crippen molar-refractivity contribution in [2.45, 2.75) is 13.3 Å². The van der Waals surface area contributed by atoms with Crippen LogP contribution < -0.4 is 0 Å². The van der Waals surface area contributed by atoms with E-state index in [0.717, 1.165) is 34.4 Å². The second-order valence-electron chi connectivity index (χ2n) is 5.14. The number of aryl methyl sites for hydroxylation is 1. The van der Waals surface area contributed by atoms with Crippen LogP contribution in [0.1, 0.15) is 17.1 Å². The number of fused-ring (bicyclic) bond motifs is 3. The van der Waals surface area contributed by atoms with Crippen LogP contribution in [0.4, 0.5) is 0 Å². The first kappa shape index (κ1) is 12.0. The van der Waals surface area contributed by atoms with Crippen molar-refractivity contribution in [2.24, 2.45) is 0 Å². The topological polar surface area (TPSA) is 43.1 Å². The third-order valence-electron chi connectivity index (χ3n) is 3.71. The van der Waals surface area contributed by atoms with Crippen LogP contribution in [0.2, 0.25) is 0 Å². The molecule has 0 bridgehead atoms. The van der Waals surface area contributed by atoms with Crippen molar-refractivity contribution in [3.8, 4) is 0 Å². The van der Waals surface area contributed by atoms with E-state index in [1.807, 2.05) is 29.6 Å². The molecule has 0 saturated carbocycles. The van der Waals surface area contributed by atoms with E-state index in [2.05, 4.69) is 46.6 Å². The molecule has 0 amide bonds. The summed E-state index contributed by atoms with van der Waals surface area (Å²) < 4.78 is 1.83. The lowest BCUT2D eigenvalue weighted by atomic mass is 10.0. The molecule has 4 nitrogen and oxygen atoms in total. The molecule has 4 aromatic rings. The third-order valence-corrected chi connectivity index (χ3v) is 3.71. The average molecular weight is 274 g/mol. The van der Waals surface area contributed by atoms with Gasteiger partial charge in [0, 0.05) is 17.2 Å². The maximum atomic E-state index is 4.75. The SMILES string of the molecule is Cc1nnc2c3ccccc3c(Cc3ccccc3)nn12. The minimum Gasteiger partial charge on any atom is -0.197 e. The second-order valence-corrected chi connectivity index (χ2v) is 5.14. The molecule has 0 aliphatic rings. The Morgan fingerprint density at radius 1 is 0.857 bits per heavy atom. The molecule has 2 aromatic heterocycles. The van der Waals surface area contributed by atoms with Gasteiger partial charge in [0.2, 0.25) is 0 Å². The smallest absolute Gasteiger partial charge is 0.185 e. The third kappa shape index (κ3) is 1.96. The highest BCUT2D eigenvalue weighted by Gasteiger charge is 2.12. The molecular formula is C17H14N4. The van der Waals surface area contributed by atoms with E-state index < -0.39 is 0 Å². The molecule has 2 heterocycles. The molecule has 0 unspecified atom stereocenters. The van der Waals surface area contributed by atoms with Crippen LogP contribution in [0.25, 0.3) is 16.4 Å². The van der Waals surface area contributed by atoms with Gasteiger partial charge in [0.25, 0.3) is 0 Å². The summed E-state index contributed by atoms with van der Waals surface area (Å²) in [4.78, 5) is 0. The van der Waals surface area contributed by atoms with E-state index in [-0.39, 0.29) is 0 Å². The molecule has 0 fully saturated rings. The van der Waals surface area contributed by atoms with Gasteiger partial charge in [0.05, 0.1) is 5.69 Å². The largest absolute Gasteiger partial charge is 0.197 e. The molecule has 0 spiro atoms. The van der Waals surface area contributed by atoms with Crippen LogP contribution in [0, 0.1) is 6.92 Å². The van der Waals surface area contributed by atoms with Crippen LogP contribution in [0.5, 0.6) is 0 Å². The number of hydrogen-bond acceptors (Lipinski definition) is 3. The Morgan fingerprint density at radius 2 is 1.57 bits per heavy atom. The van der Waals surface area contributed by atoms with Crippen molar-refractivity contribution >= 4 is 16.4 Å². The number of nitrogens with zero attached hydrogens (tertiary/aromatic N) is 4. The predicted molar refractivity (Wildman–Crippen MR) is 82.3 cm³/mol. The molecule has 0 atom stereocenters. The van der Waals surface area contributed by atoms with E-state index in [9.17, 15) is 0 Å². The van der Waals surface area contributed by atoms with Gasteiger partial charge in [-0.25, -0.2) is 0 Å². The summed E-state index contributed by atoms with van der Waals surface area (Å²) in [6, 6.07) is 18.6. The summed E-state index contributed by atoms with van der Waals surface area (Å²) in [6.45, 7) is 1.92. The van der Waals surface area contributed by atoms with Crippen molar-refractivity contribution < 1.29 is 0 Å². The van der Waals surface area contributed by atoms with Gasteiger partial charge in [-0.1, -0.05) is 54.6 Å². The number of aromatic nitrogens is 4. The summed E-state index contributed by atoms with van der Waals surface area (Å²) in [6.07, 6.45) is 0.801. The van der Waals surface area contributed by atoms with Crippen LogP contribution in [0.15, 0.2) is 54.6 Å². The lowest BCUT2D eigenvalue weighted by molar-refractivity contribution is 0.844. The normalized spacial score (nSPS) is 11.3. The molecule has 21 heavy (non-hydrogen) atoms. The van der Waals surface area contributed by atoms with Crippen LogP contribution in [-0.2, 0) is 6.42 Å². The molecular weight excluding hydrogens is 260 g/mol. The Labute approximate surface area is 122 Å². The van der Waals surface area contributed by atoms with Crippen LogP contribution in [-0.4, -0.2) is 19.8 Å². The van der Waals surface area contributed by atoms with Gasteiger partial charge in [-0.05, 0) is 12.5 Å². The zero-order valence-corrected chi connectivity index (χ0v) is 11.7. The van der Waals surface area contributed by atoms with Crippen molar-refractivity contribution in [3.63, 3.8) is 0 Å². The number of benzene rings is 2. The van der Waals surface area contributed by atoms with E-state index in [0.29, 0.717) is 0 Å². The fourth-order valence-corrected chi connectivity index (χ4v) is 2.67. The Balaban J connectivity index is 1.99. The molecule has 0 aliphatic carbocycles. The minimum absolute atomic E-state index is 0.801. The van der Waals surface area contributed by atoms with Gasteiger partial charge < -0.3 is 0 Å². The summed E-state index contributed by atoms with van der Waals surface area (Å²) in [5.41, 5.74) is 3.12. The average Bonchev–Trinajstić information content (AvgIpc) is 2.90. The van der Waals surface area contributed by atoms with E-state index >= 15 is 0 Å². The van der Waals surface area contributed by atoms with Gasteiger partial charge in [-0.2, -0.15) is 9.61 Å². The first-order chi connectivity index (χ1) is 10.3. The van der Waals surface area contributed by atoms with Crippen molar-refractivity contribution in [3.05, 3.63) is 71.7 Å². The lowest BCUT2D eigenvalue weighted by Crippen LogP contribution is -2.02. The lowest BCUT2D eigenvalue weighted by Gasteiger charge is -2.07. The molecule has 0 saturated heterocycles. The molecule has 0 aliphatic heterocycles. The van der Waals surface area contributed by atoms with E-state index in [1.165, 1.54) is 5.56 Å². The summed E-state index contributed by atoms with van der Waals surface area (Å²) in [5, 5.41) is 15.4. The van der Waals surface area contributed by atoms with E-state index in [1.54, 1.807) is 0 Å². The van der Waals surface area contributed by atoms with Crippen molar-refractivity contribution in [2.75, 3.05) is 0 Å². The molecule has 102 valence electrons. The maximum Gasteiger partial charge on any atom is 0.185 e. The standard InChI is InChI=1S/C17H14N4/c1-12-18-19-17-15-10-6-5-9-14(15)16(20-21(12)17)11-13-7-3-2-4-8-13/h2-10H,11H2,1H3. The molecule has 2 aromatic carbocycles. The van der Waals surface area contributed by atoms with Crippen LogP contribution in [0.3, 0.4) is 0 Å². The number of rotatable bonds is 2. The Morgan fingerprint density at radius 3 is 2.38 bits per heavy atom. The van der Waals surface area contributed by atoms with Crippen LogP contribution >= 0.6 is 0 Å². The Hall–Kier alpha value is -2.75. The highest BCUT2D eigenvalue weighted by Crippen LogP contribution is 2.23. The van der Waals surface area contributed by atoms with Gasteiger partial charge in [-0.15, -0.1) is 10.2 Å². The summed E-state index contributed by atoms with van der Waals surface area (Å²) in [5.74, 6) is 0.810. The monoisotopic (exact) mass is 274 g/mol. The fourth-order valence-electron chi connectivity index (χ4n) is 2.67. The predicted octanol–water partition coefficient (Wildman–Crippen LogP) is 3.18. The highest BCUT2D eigenvalue weighted by atomic mass is 15.4. The molecule has 4 heteroatoms. The Bertz CT molecular complexity index is 925. The van der Waals surface area contributed by atoms with Crippen molar-refractivity contribution in [1.82, 2.24) is 19.8 Å². The summed E-state index contributed by atoms with van der Waals surface area (Å²) in [7, 11) is 0. The molecule has 4 rings (SSSR count). The molecule has 0 radical (unpaired) electrons. The minimum atomic E-state index is 0.801. The second kappa shape index (κ2) is 4.66. The van der Waals surface area contributed by atoms with Gasteiger partial charge in [0.15, 0.2) is 11.5 Å². The summed E-state index contributed by atoms with van der Waals surface area (Å²) >= 11 is 0. The zero-order valence-electron chi connectivity index (χ0n) is 11.7. The van der Waals surface area contributed by atoms with E-state index in [4.69, 9.17) is 5.10 Å². The first-order valence-corrected chi connectivity index (χ1v) is 6.96. The van der Waals surface area contributed by atoms with Gasteiger partial charge >= 0.3 is 0 Å². The first-order valence-electron chi connectivity index (χ1n) is 6.96. The van der Waals surface area contributed by atoms with Gasteiger partial charge in [-0.3, -0.25) is 0 Å². The fraction of sp³-hybridized carbons (Fsp3) is 0.118. The van der Waals surface area contributed by atoms with Gasteiger partial charge in [0.1, 0.15) is 0 Å². The Kier molecular flexibility index (Phi) is 2.67. The zero-order chi connectivity index (χ0) is 14.2. The molecule has 0 N–H and O–H groups in total. The quantitative estimate of drug-likeness (QED) is 0.564. The maximum absolute atomic E-state index is 4.75. The van der Waals surface area contributed by atoms with Crippen molar-refractivity contribution in [1.29, 1.82) is 0 Å². The highest BCUT2D eigenvalue weighted by molar-refractivity contribution is 5.95. The number of hydrogen-bond donors (Lipinski definition) is 0.